The first-order valence-electron chi connectivity index (χ1n) is 6.00. The van der Waals surface area contributed by atoms with E-state index in [1.807, 2.05) is 13.8 Å². The Labute approximate surface area is 109 Å². The van der Waals surface area contributed by atoms with Gasteiger partial charge in [-0.15, -0.1) is 0 Å². The van der Waals surface area contributed by atoms with Crippen molar-refractivity contribution in [3.05, 3.63) is 40.2 Å². The molecule has 0 amide bonds. The van der Waals surface area contributed by atoms with Crippen LogP contribution in [-0.2, 0) is 11.2 Å². The number of rotatable bonds is 4. The minimum atomic E-state index is -1.03. The summed E-state index contributed by atoms with van der Waals surface area (Å²) in [6, 6.07) is 6.90. The van der Waals surface area contributed by atoms with Crippen LogP contribution >= 0.6 is 0 Å². The fourth-order valence-corrected chi connectivity index (χ4v) is 1.87. The quantitative estimate of drug-likeness (QED) is 0.881. The van der Waals surface area contributed by atoms with Crippen LogP contribution < -0.4 is 10.3 Å². The Morgan fingerprint density at radius 2 is 2.11 bits per heavy atom. The van der Waals surface area contributed by atoms with Gasteiger partial charge in [-0.1, -0.05) is 0 Å². The van der Waals surface area contributed by atoms with Crippen molar-refractivity contribution in [3.8, 4) is 5.75 Å². The molecule has 2 aromatic rings. The number of fused-ring (bicyclic) bond motifs is 1. The number of aromatic amines is 1. The van der Waals surface area contributed by atoms with Gasteiger partial charge in [-0.05, 0) is 38.1 Å². The lowest BCUT2D eigenvalue weighted by molar-refractivity contribution is -0.136. The van der Waals surface area contributed by atoms with Gasteiger partial charge in [0.2, 0.25) is 0 Å². The van der Waals surface area contributed by atoms with E-state index in [1.54, 1.807) is 24.3 Å². The Hall–Kier alpha value is -2.30. The summed E-state index contributed by atoms with van der Waals surface area (Å²) in [5.74, 6) is -0.338. The minimum absolute atomic E-state index is 0.0544. The summed E-state index contributed by atoms with van der Waals surface area (Å²) in [5, 5.41) is 9.52. The van der Waals surface area contributed by atoms with Gasteiger partial charge in [-0.25, -0.2) is 0 Å². The molecule has 0 atom stereocenters. The van der Waals surface area contributed by atoms with Crippen molar-refractivity contribution in [2.24, 2.45) is 0 Å². The average molecular weight is 261 g/mol. The summed E-state index contributed by atoms with van der Waals surface area (Å²) in [4.78, 5) is 25.0. The van der Waals surface area contributed by atoms with Crippen molar-refractivity contribution in [1.29, 1.82) is 0 Å². The van der Waals surface area contributed by atoms with Crippen LogP contribution in [0.2, 0.25) is 0 Å². The van der Waals surface area contributed by atoms with Crippen molar-refractivity contribution < 1.29 is 14.6 Å². The molecule has 0 bridgehead atoms. The summed E-state index contributed by atoms with van der Waals surface area (Å²) >= 11 is 0. The monoisotopic (exact) mass is 261 g/mol. The van der Waals surface area contributed by atoms with Crippen molar-refractivity contribution >= 4 is 16.9 Å². The van der Waals surface area contributed by atoms with E-state index in [0.29, 0.717) is 11.3 Å². The molecule has 0 aliphatic carbocycles. The number of ether oxygens (including phenoxy) is 1. The number of carboxylic acid groups (broad SMARTS) is 1. The average Bonchev–Trinajstić information content (AvgIpc) is 2.29. The van der Waals surface area contributed by atoms with Crippen LogP contribution in [0.25, 0.3) is 10.9 Å². The molecular weight excluding hydrogens is 246 g/mol. The van der Waals surface area contributed by atoms with E-state index in [9.17, 15) is 9.59 Å². The summed E-state index contributed by atoms with van der Waals surface area (Å²) in [5.41, 5.74) is 0.532. The Morgan fingerprint density at radius 3 is 2.74 bits per heavy atom. The number of aliphatic carboxylic acids is 1. The molecule has 2 N–H and O–H groups in total. The van der Waals surface area contributed by atoms with Crippen LogP contribution in [0, 0.1) is 0 Å². The fourth-order valence-electron chi connectivity index (χ4n) is 1.87. The molecule has 2 rings (SSSR count). The van der Waals surface area contributed by atoms with Crippen LogP contribution in [0.15, 0.2) is 29.1 Å². The number of hydrogen-bond donors (Lipinski definition) is 2. The Bertz CT molecular complexity index is 673. The topological polar surface area (TPSA) is 79.4 Å². The van der Waals surface area contributed by atoms with Gasteiger partial charge in [-0.2, -0.15) is 0 Å². The molecule has 5 heteroatoms. The number of H-pyrrole nitrogens is 1. The fraction of sp³-hybridized carbons (Fsp3) is 0.286. The number of nitrogens with one attached hydrogen (secondary N) is 1. The molecule has 1 aromatic carbocycles. The molecule has 0 saturated carbocycles. The molecule has 0 saturated heterocycles. The lowest BCUT2D eigenvalue weighted by Gasteiger charge is -2.10. The first-order chi connectivity index (χ1) is 8.95. The van der Waals surface area contributed by atoms with Gasteiger partial charge in [0.15, 0.2) is 0 Å². The second-order valence-corrected chi connectivity index (χ2v) is 4.61. The van der Waals surface area contributed by atoms with Crippen molar-refractivity contribution in [2.45, 2.75) is 26.4 Å². The zero-order valence-electron chi connectivity index (χ0n) is 10.8. The normalized spacial score (nSPS) is 10.9. The first kappa shape index (κ1) is 13.1. The van der Waals surface area contributed by atoms with Crippen molar-refractivity contribution in [1.82, 2.24) is 4.98 Å². The van der Waals surface area contributed by atoms with Gasteiger partial charge < -0.3 is 14.8 Å². The smallest absolute Gasteiger partial charge is 0.308 e. The molecule has 0 radical (unpaired) electrons. The maximum absolute atomic E-state index is 11.7. The molecule has 1 aromatic heterocycles. The highest BCUT2D eigenvalue weighted by Crippen LogP contribution is 2.20. The molecular formula is C14H15NO4. The summed E-state index contributed by atoms with van der Waals surface area (Å²) < 4.78 is 5.57. The first-order valence-corrected chi connectivity index (χ1v) is 6.00. The van der Waals surface area contributed by atoms with Crippen LogP contribution in [0.1, 0.15) is 19.4 Å². The zero-order valence-corrected chi connectivity index (χ0v) is 10.8. The summed E-state index contributed by atoms with van der Waals surface area (Å²) in [6.45, 7) is 3.85. The highest BCUT2D eigenvalue weighted by atomic mass is 16.5. The number of pyridine rings is 1. The number of carboxylic acids is 1. The van der Waals surface area contributed by atoms with E-state index < -0.39 is 5.97 Å². The van der Waals surface area contributed by atoms with E-state index >= 15 is 0 Å². The van der Waals surface area contributed by atoms with E-state index in [1.165, 1.54) is 0 Å². The molecule has 0 unspecified atom stereocenters. The number of hydrogen-bond acceptors (Lipinski definition) is 3. The molecule has 0 fully saturated rings. The molecule has 100 valence electrons. The molecule has 1 heterocycles. The van der Waals surface area contributed by atoms with Crippen molar-refractivity contribution in [2.75, 3.05) is 0 Å². The van der Waals surface area contributed by atoms with Gasteiger partial charge in [0, 0.05) is 16.5 Å². The lowest BCUT2D eigenvalue weighted by atomic mass is 10.1. The van der Waals surface area contributed by atoms with Gasteiger partial charge in [0.05, 0.1) is 12.5 Å². The zero-order chi connectivity index (χ0) is 14.0. The Kier molecular flexibility index (Phi) is 3.55. The largest absolute Gasteiger partial charge is 0.491 e. The maximum Gasteiger partial charge on any atom is 0.308 e. The molecule has 5 nitrogen and oxygen atoms in total. The van der Waals surface area contributed by atoms with Gasteiger partial charge >= 0.3 is 5.97 Å². The maximum atomic E-state index is 11.7. The number of carbonyl (C=O) groups is 1. The van der Waals surface area contributed by atoms with Gasteiger partial charge in [0.25, 0.3) is 5.56 Å². The van der Waals surface area contributed by atoms with E-state index in [2.05, 4.69) is 4.98 Å². The molecule has 0 spiro atoms. The SMILES string of the molecule is CC(C)Oc1ccc2[nH]c(=O)c(CC(=O)O)cc2c1. The predicted octanol–water partition coefficient (Wildman–Crippen LogP) is 1.94. The minimum Gasteiger partial charge on any atom is -0.491 e. The van der Waals surface area contributed by atoms with E-state index in [0.717, 1.165) is 5.39 Å². The summed E-state index contributed by atoms with van der Waals surface area (Å²) in [7, 11) is 0. The second kappa shape index (κ2) is 5.14. The van der Waals surface area contributed by atoms with Crippen molar-refractivity contribution in [3.63, 3.8) is 0 Å². The van der Waals surface area contributed by atoms with Gasteiger partial charge in [0.1, 0.15) is 5.75 Å². The lowest BCUT2D eigenvalue weighted by Crippen LogP contribution is -2.16. The van der Waals surface area contributed by atoms with Crippen LogP contribution in [0.5, 0.6) is 5.75 Å². The summed E-state index contributed by atoms with van der Waals surface area (Å²) in [6.07, 6.45) is -0.237. The number of aromatic nitrogens is 1. The molecule has 0 aliphatic rings. The standard InChI is InChI=1S/C14H15NO4/c1-8(2)19-11-3-4-12-9(6-11)5-10(7-13(16)17)14(18)15-12/h3-6,8H,7H2,1-2H3,(H,15,18)(H,16,17). The highest BCUT2D eigenvalue weighted by Gasteiger charge is 2.08. The second-order valence-electron chi connectivity index (χ2n) is 4.61. The predicted molar refractivity (Wildman–Crippen MR) is 71.7 cm³/mol. The Balaban J connectivity index is 2.48. The Morgan fingerprint density at radius 1 is 1.37 bits per heavy atom. The molecule has 19 heavy (non-hydrogen) atoms. The van der Waals surface area contributed by atoms with Crippen LogP contribution in [0.4, 0.5) is 0 Å². The molecule has 0 aliphatic heterocycles. The third-order valence-corrected chi connectivity index (χ3v) is 2.61. The third kappa shape index (κ3) is 3.13. The highest BCUT2D eigenvalue weighted by molar-refractivity contribution is 5.81. The van der Waals surface area contributed by atoms with Crippen LogP contribution in [-0.4, -0.2) is 22.2 Å². The third-order valence-electron chi connectivity index (χ3n) is 2.61. The number of benzene rings is 1. The van der Waals surface area contributed by atoms with Gasteiger partial charge in [-0.3, -0.25) is 9.59 Å². The van der Waals surface area contributed by atoms with E-state index in [4.69, 9.17) is 9.84 Å². The van der Waals surface area contributed by atoms with E-state index in [-0.39, 0.29) is 23.6 Å². The van der Waals surface area contributed by atoms with Crippen LogP contribution in [0.3, 0.4) is 0 Å².